The van der Waals surface area contributed by atoms with E-state index >= 15 is 0 Å². The molecular weight excluding hydrogens is 550 g/mol. The zero-order valence-electron chi connectivity index (χ0n) is 23.5. The lowest BCUT2D eigenvalue weighted by molar-refractivity contribution is -0.142. The summed E-state index contributed by atoms with van der Waals surface area (Å²) in [7, 11) is 0. The van der Waals surface area contributed by atoms with E-state index in [9.17, 15) is 34.2 Å². The van der Waals surface area contributed by atoms with Gasteiger partial charge in [-0.3, -0.25) is 24.2 Å². The van der Waals surface area contributed by atoms with Crippen LogP contribution in [-0.2, 0) is 30.4 Å². The van der Waals surface area contributed by atoms with Crippen molar-refractivity contribution in [3.8, 4) is 5.75 Å². The van der Waals surface area contributed by atoms with Crippen LogP contribution in [0.15, 0.2) is 29.3 Å². The fourth-order valence-electron chi connectivity index (χ4n) is 3.88. The predicted octanol–water partition coefficient (Wildman–Crippen LogP) is -2.75. The first-order valence-corrected chi connectivity index (χ1v) is 13.5. The second kappa shape index (κ2) is 18.8. The van der Waals surface area contributed by atoms with Gasteiger partial charge in [0, 0.05) is 13.0 Å². The third kappa shape index (κ3) is 14.3. The van der Waals surface area contributed by atoms with Crippen molar-refractivity contribution < 1.29 is 34.2 Å². The summed E-state index contributed by atoms with van der Waals surface area (Å²) in [6.07, 6.45) is 1.14. The molecule has 0 saturated heterocycles. The number of phenols is 1. The minimum absolute atomic E-state index is 0.0281. The van der Waals surface area contributed by atoms with Crippen molar-refractivity contribution in [2.75, 3.05) is 13.1 Å². The average molecular weight is 594 g/mol. The molecule has 0 fully saturated rings. The third-order valence-electron chi connectivity index (χ3n) is 6.18. The molecule has 0 radical (unpaired) electrons. The minimum atomic E-state index is -1.43. The maximum Gasteiger partial charge on any atom is 0.326 e. The number of carbonyl (C=O) groups is 5. The molecule has 0 heterocycles. The smallest absolute Gasteiger partial charge is 0.326 e. The highest BCUT2D eigenvalue weighted by atomic mass is 16.4. The number of amides is 4. The highest BCUT2D eigenvalue weighted by Gasteiger charge is 2.30. The Morgan fingerprint density at radius 2 is 1.33 bits per heavy atom. The van der Waals surface area contributed by atoms with Gasteiger partial charge in [0.25, 0.3) is 0 Å². The van der Waals surface area contributed by atoms with Crippen molar-refractivity contribution in [1.29, 1.82) is 0 Å². The number of aliphatic imine (C=N–C) groups is 1. The SMILES string of the molecule is NCCCCC(NC(=O)C(N)Cc1ccc(O)cc1)C(=O)NC(CCCN=C(N)N)C(=O)NC(CCC(N)=O)C(=O)O. The highest BCUT2D eigenvalue weighted by Crippen LogP contribution is 2.12. The summed E-state index contributed by atoms with van der Waals surface area (Å²) >= 11 is 0. The van der Waals surface area contributed by atoms with Crippen molar-refractivity contribution in [1.82, 2.24) is 16.0 Å². The molecule has 1 aromatic carbocycles. The van der Waals surface area contributed by atoms with Crippen LogP contribution in [0.4, 0.5) is 0 Å². The number of nitrogens with zero attached hydrogens (tertiary/aromatic N) is 1. The van der Waals surface area contributed by atoms with Gasteiger partial charge in [-0.1, -0.05) is 12.1 Å². The molecule has 0 aliphatic heterocycles. The highest BCUT2D eigenvalue weighted by molar-refractivity contribution is 5.94. The van der Waals surface area contributed by atoms with Crippen LogP contribution in [0.1, 0.15) is 50.5 Å². The van der Waals surface area contributed by atoms with Gasteiger partial charge in [0.1, 0.15) is 23.9 Å². The lowest BCUT2D eigenvalue weighted by Gasteiger charge is -2.25. The number of hydrogen-bond donors (Lipinski definition) is 10. The number of nitrogens with two attached hydrogens (primary N) is 5. The number of nitrogens with one attached hydrogen (secondary N) is 3. The Morgan fingerprint density at radius 3 is 1.86 bits per heavy atom. The fraction of sp³-hybridized carbons (Fsp3) is 0.538. The molecule has 0 aliphatic carbocycles. The number of phenolic OH excluding ortho intramolecular Hbond substituents is 1. The van der Waals surface area contributed by atoms with E-state index < -0.39 is 53.8 Å². The Morgan fingerprint density at radius 1 is 0.786 bits per heavy atom. The first kappa shape index (κ1) is 35.6. The number of carboxylic acids is 1. The van der Waals surface area contributed by atoms with E-state index in [0.29, 0.717) is 24.9 Å². The van der Waals surface area contributed by atoms with Crippen LogP contribution in [0, 0.1) is 0 Å². The zero-order valence-corrected chi connectivity index (χ0v) is 23.5. The molecule has 0 saturated carbocycles. The molecule has 0 spiro atoms. The first-order chi connectivity index (χ1) is 19.8. The van der Waals surface area contributed by atoms with Crippen LogP contribution in [-0.4, -0.2) is 83.0 Å². The molecule has 4 unspecified atom stereocenters. The number of benzene rings is 1. The van der Waals surface area contributed by atoms with Crippen molar-refractivity contribution >= 4 is 35.6 Å². The number of hydrogen-bond acceptors (Lipinski definition) is 9. The quantitative estimate of drug-likeness (QED) is 0.0419. The Labute approximate surface area is 243 Å². The summed E-state index contributed by atoms with van der Waals surface area (Å²) in [4.78, 5) is 65.9. The predicted molar refractivity (Wildman–Crippen MR) is 154 cm³/mol. The number of rotatable bonds is 20. The fourth-order valence-corrected chi connectivity index (χ4v) is 3.88. The normalized spacial score (nSPS) is 13.6. The largest absolute Gasteiger partial charge is 0.508 e. The van der Waals surface area contributed by atoms with Crippen LogP contribution in [0.5, 0.6) is 5.75 Å². The summed E-state index contributed by atoms with van der Waals surface area (Å²) in [5, 5.41) is 26.5. The van der Waals surface area contributed by atoms with Gasteiger partial charge in [-0.25, -0.2) is 4.79 Å². The van der Waals surface area contributed by atoms with Gasteiger partial charge in [0.15, 0.2) is 5.96 Å². The number of primary amides is 1. The molecule has 1 rings (SSSR count). The molecule has 4 atom stereocenters. The van der Waals surface area contributed by atoms with Gasteiger partial charge in [0.2, 0.25) is 23.6 Å². The number of carbonyl (C=O) groups excluding carboxylic acids is 4. The first-order valence-electron chi connectivity index (χ1n) is 13.5. The summed E-state index contributed by atoms with van der Waals surface area (Å²) in [6, 6.07) is 1.42. The molecule has 15 N–H and O–H groups in total. The van der Waals surface area contributed by atoms with Crippen LogP contribution in [0.25, 0.3) is 0 Å². The van der Waals surface area contributed by atoms with Gasteiger partial charge < -0.3 is 54.8 Å². The molecular formula is C26H43N9O7. The van der Waals surface area contributed by atoms with E-state index in [1.807, 2.05) is 0 Å². The monoisotopic (exact) mass is 593 g/mol. The topological polar surface area (TPSA) is 304 Å². The van der Waals surface area contributed by atoms with Crippen LogP contribution < -0.4 is 44.6 Å². The maximum atomic E-state index is 13.3. The van der Waals surface area contributed by atoms with Crippen molar-refractivity contribution in [2.45, 2.75) is 75.5 Å². The summed E-state index contributed by atoms with van der Waals surface area (Å²) in [5.74, 6) is -4.34. The number of aliphatic carboxylic acids is 1. The molecule has 42 heavy (non-hydrogen) atoms. The van der Waals surface area contributed by atoms with Crippen molar-refractivity contribution in [3.63, 3.8) is 0 Å². The third-order valence-corrected chi connectivity index (χ3v) is 6.18. The lowest BCUT2D eigenvalue weighted by atomic mass is 10.0. The van der Waals surface area contributed by atoms with E-state index in [0.717, 1.165) is 0 Å². The van der Waals surface area contributed by atoms with E-state index in [4.69, 9.17) is 28.7 Å². The standard InChI is InChI=1S/C26H43N9O7/c27-12-2-1-4-18(33-22(38)17(28)14-15-6-8-16(36)9-7-15)23(39)34-19(5-3-13-32-26(30)31)24(40)35-20(25(41)42)10-11-21(29)37/h6-9,17-20,36H,1-5,10-14,27-28H2,(H2,29,37)(H,33,38)(H,34,39)(H,35,40)(H,41,42)(H4,30,31,32). The van der Waals surface area contributed by atoms with E-state index in [-0.39, 0.29) is 56.8 Å². The molecule has 16 heteroatoms. The molecule has 0 aromatic heterocycles. The maximum absolute atomic E-state index is 13.3. The van der Waals surface area contributed by atoms with E-state index in [1.165, 1.54) is 12.1 Å². The van der Waals surface area contributed by atoms with Gasteiger partial charge >= 0.3 is 5.97 Å². The van der Waals surface area contributed by atoms with Gasteiger partial charge in [-0.2, -0.15) is 0 Å². The van der Waals surface area contributed by atoms with E-state index in [1.54, 1.807) is 12.1 Å². The van der Waals surface area contributed by atoms with Crippen molar-refractivity contribution in [2.24, 2.45) is 33.7 Å². The Kier molecular flexibility index (Phi) is 15.9. The van der Waals surface area contributed by atoms with Gasteiger partial charge in [-0.05, 0) is 69.2 Å². The summed E-state index contributed by atoms with van der Waals surface area (Å²) in [6.45, 7) is 0.495. The number of unbranched alkanes of at least 4 members (excludes halogenated alkanes) is 1. The van der Waals surface area contributed by atoms with E-state index in [2.05, 4.69) is 20.9 Å². The van der Waals surface area contributed by atoms with Crippen molar-refractivity contribution in [3.05, 3.63) is 29.8 Å². The second-order valence-electron chi connectivity index (χ2n) is 9.74. The summed E-state index contributed by atoms with van der Waals surface area (Å²) < 4.78 is 0. The molecule has 0 aliphatic rings. The average Bonchev–Trinajstić information content (AvgIpc) is 2.92. The molecule has 4 amide bonds. The minimum Gasteiger partial charge on any atom is -0.508 e. The Bertz CT molecular complexity index is 1080. The molecule has 1 aromatic rings. The Hall–Kier alpha value is -4.44. The van der Waals surface area contributed by atoms with Crippen LogP contribution in [0.2, 0.25) is 0 Å². The van der Waals surface area contributed by atoms with Gasteiger partial charge in [-0.15, -0.1) is 0 Å². The zero-order chi connectivity index (χ0) is 31.7. The molecule has 234 valence electrons. The number of guanidine groups is 1. The molecule has 0 bridgehead atoms. The second-order valence-corrected chi connectivity index (χ2v) is 9.74. The number of carboxylic acid groups (broad SMARTS) is 1. The Balaban J connectivity index is 3.05. The number of aromatic hydroxyl groups is 1. The van der Waals surface area contributed by atoms with Crippen LogP contribution >= 0.6 is 0 Å². The van der Waals surface area contributed by atoms with Crippen LogP contribution in [0.3, 0.4) is 0 Å². The summed E-state index contributed by atoms with van der Waals surface area (Å²) in [5.41, 5.74) is 28.1. The lowest BCUT2D eigenvalue weighted by Crippen LogP contribution is -2.57. The molecule has 16 nitrogen and oxygen atoms in total. The van der Waals surface area contributed by atoms with Gasteiger partial charge in [0.05, 0.1) is 6.04 Å².